The fraction of sp³-hybridized carbons (Fsp3) is 0.481. The molecule has 2 aromatic rings. The lowest BCUT2D eigenvalue weighted by Crippen LogP contribution is -2.52. The van der Waals surface area contributed by atoms with Gasteiger partial charge in [0.15, 0.2) is 0 Å². The quantitative estimate of drug-likeness (QED) is 0.622. The lowest BCUT2D eigenvalue weighted by atomic mass is 10.1. The molecule has 4 aliphatic heterocycles. The van der Waals surface area contributed by atoms with Crippen LogP contribution < -0.4 is 20.3 Å². The monoisotopic (exact) mass is 521 g/mol. The van der Waals surface area contributed by atoms with E-state index in [0.29, 0.717) is 75.3 Å². The van der Waals surface area contributed by atoms with Crippen molar-refractivity contribution < 1.29 is 19.1 Å². The second-order valence-corrected chi connectivity index (χ2v) is 9.59. The summed E-state index contributed by atoms with van der Waals surface area (Å²) in [6.07, 6.45) is 4.80. The maximum atomic E-state index is 13.2. The van der Waals surface area contributed by atoms with Gasteiger partial charge >= 0.3 is 0 Å². The van der Waals surface area contributed by atoms with Gasteiger partial charge in [0.1, 0.15) is 23.7 Å². The van der Waals surface area contributed by atoms with E-state index in [-0.39, 0.29) is 11.8 Å². The van der Waals surface area contributed by atoms with Crippen molar-refractivity contribution in [3.05, 3.63) is 41.9 Å². The zero-order valence-electron chi connectivity index (χ0n) is 22.0. The molecule has 4 bridgehead atoms. The summed E-state index contributed by atoms with van der Waals surface area (Å²) in [5.41, 5.74) is 3.08. The van der Waals surface area contributed by atoms with E-state index in [1.807, 2.05) is 23.1 Å². The van der Waals surface area contributed by atoms with Crippen LogP contribution in [0.15, 0.2) is 30.7 Å². The van der Waals surface area contributed by atoms with Gasteiger partial charge in [-0.15, -0.1) is 0 Å². The zero-order valence-corrected chi connectivity index (χ0v) is 22.0. The van der Waals surface area contributed by atoms with E-state index in [2.05, 4.69) is 37.3 Å². The van der Waals surface area contributed by atoms with Crippen molar-refractivity contribution >= 4 is 34.7 Å². The van der Waals surface area contributed by atoms with Gasteiger partial charge in [-0.2, -0.15) is 0 Å². The third-order valence-corrected chi connectivity index (χ3v) is 7.18. The topological polar surface area (TPSA) is 112 Å². The van der Waals surface area contributed by atoms with Gasteiger partial charge in [0.2, 0.25) is 5.91 Å². The summed E-state index contributed by atoms with van der Waals surface area (Å²) in [5, 5.41) is 6.14. The average molecular weight is 522 g/mol. The van der Waals surface area contributed by atoms with Gasteiger partial charge in [-0.3, -0.25) is 14.5 Å². The third kappa shape index (κ3) is 5.58. The minimum Gasteiger partial charge on any atom is -0.493 e. The molecular weight excluding hydrogens is 486 g/mol. The second-order valence-electron chi connectivity index (χ2n) is 9.59. The summed E-state index contributed by atoms with van der Waals surface area (Å²) in [6.45, 7) is 7.38. The highest BCUT2D eigenvalue weighted by Crippen LogP contribution is 2.37. The number of nitrogens with one attached hydrogen (secondary N) is 2. The maximum absolute atomic E-state index is 13.2. The number of benzene rings is 1. The van der Waals surface area contributed by atoms with Crippen LogP contribution in [0.5, 0.6) is 5.75 Å². The molecular formula is C27H35N7O4. The lowest BCUT2D eigenvalue weighted by Gasteiger charge is -2.37. The molecule has 0 unspecified atom stereocenters. The van der Waals surface area contributed by atoms with E-state index in [4.69, 9.17) is 9.47 Å². The summed E-state index contributed by atoms with van der Waals surface area (Å²) in [4.78, 5) is 41.1. The molecule has 0 saturated carbocycles. The Morgan fingerprint density at radius 2 is 1.89 bits per heavy atom. The van der Waals surface area contributed by atoms with Crippen LogP contribution in [-0.4, -0.2) is 97.7 Å². The Balaban J connectivity index is 1.47. The molecule has 1 fully saturated rings. The molecule has 4 aliphatic rings. The van der Waals surface area contributed by atoms with Gasteiger partial charge in [-0.05, 0) is 24.5 Å². The zero-order chi connectivity index (χ0) is 26.5. The molecule has 1 aromatic heterocycles. The number of aromatic nitrogens is 2. The van der Waals surface area contributed by atoms with Crippen LogP contribution in [0.3, 0.4) is 0 Å². The molecule has 1 saturated heterocycles. The molecule has 0 aliphatic carbocycles. The van der Waals surface area contributed by atoms with Crippen molar-refractivity contribution in [3.8, 4) is 5.75 Å². The highest BCUT2D eigenvalue weighted by Gasteiger charge is 2.33. The fourth-order valence-corrected chi connectivity index (χ4v) is 5.03. The standard InChI is InChI=1S/C27H35N7O4/c1-3-19-5-6-20-15-22(19)38-13-4-7-32(12-14-37-2)17-23(35)33-8-10-34(11-9-33)26-24-21(16-28-20)27(36)31-25(24)29-18-30-26/h5-6,15-16,18,28H,3-4,7-14,17H2,1-2H3,(H,29,30,31,36)/b21-16-. The van der Waals surface area contributed by atoms with E-state index in [9.17, 15) is 9.59 Å². The van der Waals surface area contributed by atoms with E-state index in [1.165, 1.54) is 6.33 Å². The van der Waals surface area contributed by atoms with Gasteiger partial charge in [-0.1, -0.05) is 13.0 Å². The van der Waals surface area contributed by atoms with Crippen LogP contribution in [-0.2, 0) is 20.7 Å². The SMILES string of the molecule is CCc1ccc2cc1OCCCN(CCOC)CC(=O)N1CCN(CC1)c1ncnc3c1/C(=C/N2)C(=O)N3. The van der Waals surface area contributed by atoms with Crippen LogP contribution in [0, 0.1) is 0 Å². The minimum atomic E-state index is -0.230. The lowest BCUT2D eigenvalue weighted by molar-refractivity contribution is -0.132. The Hall–Kier alpha value is -3.70. The van der Waals surface area contributed by atoms with E-state index >= 15 is 0 Å². The predicted molar refractivity (Wildman–Crippen MR) is 145 cm³/mol. The highest BCUT2D eigenvalue weighted by molar-refractivity contribution is 6.32. The van der Waals surface area contributed by atoms with Crippen molar-refractivity contribution in [2.75, 3.05) is 81.7 Å². The van der Waals surface area contributed by atoms with Crippen LogP contribution in [0.1, 0.15) is 24.5 Å². The van der Waals surface area contributed by atoms with Gasteiger partial charge in [0.05, 0.1) is 30.9 Å². The normalized spacial score (nSPS) is 19.9. The molecule has 0 spiro atoms. The van der Waals surface area contributed by atoms with Crippen molar-refractivity contribution in [3.63, 3.8) is 0 Å². The van der Waals surface area contributed by atoms with Crippen molar-refractivity contribution in [1.29, 1.82) is 0 Å². The number of nitrogens with zero attached hydrogens (tertiary/aromatic N) is 5. The number of hydrogen-bond donors (Lipinski definition) is 2. The van der Waals surface area contributed by atoms with E-state index in [0.717, 1.165) is 36.4 Å². The van der Waals surface area contributed by atoms with Crippen LogP contribution in [0.2, 0.25) is 0 Å². The summed E-state index contributed by atoms with van der Waals surface area (Å²) >= 11 is 0. The number of piperazine rings is 1. The van der Waals surface area contributed by atoms with Crippen LogP contribution in [0.25, 0.3) is 5.57 Å². The van der Waals surface area contributed by atoms with E-state index < -0.39 is 0 Å². The number of hydrogen-bond acceptors (Lipinski definition) is 9. The summed E-state index contributed by atoms with van der Waals surface area (Å²) in [7, 11) is 1.68. The first-order valence-corrected chi connectivity index (χ1v) is 13.2. The number of aryl methyl sites for hydroxylation is 1. The van der Waals surface area contributed by atoms with Gasteiger partial charge in [0, 0.05) is 64.3 Å². The molecule has 1 aromatic carbocycles. The number of carbonyl (C=O) groups is 2. The van der Waals surface area contributed by atoms with Crippen LogP contribution in [0.4, 0.5) is 17.3 Å². The Bertz CT molecular complexity index is 1210. The van der Waals surface area contributed by atoms with Crippen molar-refractivity contribution in [1.82, 2.24) is 19.8 Å². The summed E-state index contributed by atoms with van der Waals surface area (Å²) in [5.74, 6) is 1.88. The molecule has 0 atom stereocenters. The smallest absolute Gasteiger partial charge is 0.259 e. The molecule has 202 valence electrons. The number of methoxy groups -OCH3 is 1. The Morgan fingerprint density at radius 3 is 2.68 bits per heavy atom. The van der Waals surface area contributed by atoms with Crippen LogP contribution >= 0.6 is 0 Å². The van der Waals surface area contributed by atoms with Crippen molar-refractivity contribution in [2.24, 2.45) is 0 Å². The second kappa shape index (κ2) is 11.8. The molecule has 38 heavy (non-hydrogen) atoms. The summed E-state index contributed by atoms with van der Waals surface area (Å²) < 4.78 is 11.5. The maximum Gasteiger partial charge on any atom is 0.259 e. The first-order chi connectivity index (χ1) is 18.6. The van der Waals surface area contributed by atoms with Gasteiger partial charge < -0.3 is 29.9 Å². The fourth-order valence-electron chi connectivity index (χ4n) is 5.03. The number of ether oxygens (including phenoxy) is 2. The average Bonchev–Trinajstić information content (AvgIpc) is 3.27. The molecule has 0 radical (unpaired) electrons. The number of rotatable bonds is 4. The molecule has 5 heterocycles. The van der Waals surface area contributed by atoms with Crippen molar-refractivity contribution in [2.45, 2.75) is 19.8 Å². The largest absolute Gasteiger partial charge is 0.493 e. The molecule has 11 heteroatoms. The highest BCUT2D eigenvalue weighted by atomic mass is 16.5. The first-order valence-electron chi connectivity index (χ1n) is 13.2. The number of amides is 2. The number of fused-ring (bicyclic) bond motifs is 9. The summed E-state index contributed by atoms with van der Waals surface area (Å²) in [6, 6.07) is 5.99. The Morgan fingerprint density at radius 1 is 1.08 bits per heavy atom. The third-order valence-electron chi connectivity index (χ3n) is 7.18. The molecule has 6 rings (SSSR count). The Labute approximate surface area is 222 Å². The Kier molecular flexibility index (Phi) is 8.04. The van der Waals surface area contributed by atoms with Gasteiger partial charge in [0.25, 0.3) is 5.91 Å². The molecule has 2 N–H and O–H groups in total. The number of anilines is 3. The van der Waals surface area contributed by atoms with Gasteiger partial charge in [-0.25, -0.2) is 9.97 Å². The molecule has 11 nitrogen and oxygen atoms in total. The molecule has 2 amide bonds. The number of carbonyl (C=O) groups excluding carboxylic acids is 2. The van der Waals surface area contributed by atoms with E-state index in [1.54, 1.807) is 13.3 Å². The predicted octanol–water partition coefficient (Wildman–Crippen LogP) is 1.82. The minimum absolute atomic E-state index is 0.107. The first kappa shape index (κ1) is 25.9.